The first-order valence-corrected chi connectivity index (χ1v) is 7.64. The van der Waals surface area contributed by atoms with Crippen LogP contribution in [0.4, 0.5) is 5.88 Å². The molecule has 24 heavy (non-hydrogen) atoms. The SMILES string of the molecule is CCc1ccc(-c2cc(NC(=O)C(=O)c3ccccc3)on2)cc1. The molecular weight excluding hydrogens is 304 g/mol. The Kier molecular flexibility index (Phi) is 4.52. The third kappa shape index (κ3) is 3.41. The zero-order valence-electron chi connectivity index (χ0n) is 13.2. The number of nitrogens with zero attached hydrogens (tertiary/aromatic N) is 1. The summed E-state index contributed by atoms with van der Waals surface area (Å²) in [5.41, 5.74) is 3.03. The van der Waals surface area contributed by atoms with E-state index in [1.165, 1.54) is 5.56 Å². The van der Waals surface area contributed by atoms with Crippen LogP contribution in [-0.4, -0.2) is 16.8 Å². The van der Waals surface area contributed by atoms with Crippen LogP contribution in [0.25, 0.3) is 11.3 Å². The Morgan fingerprint density at radius 2 is 1.75 bits per heavy atom. The second-order valence-electron chi connectivity index (χ2n) is 5.28. The highest BCUT2D eigenvalue weighted by atomic mass is 16.5. The van der Waals surface area contributed by atoms with Gasteiger partial charge in [0.05, 0.1) is 0 Å². The Morgan fingerprint density at radius 1 is 1.04 bits per heavy atom. The van der Waals surface area contributed by atoms with Crippen LogP contribution in [0.2, 0.25) is 0 Å². The number of anilines is 1. The first kappa shape index (κ1) is 15.7. The first-order chi connectivity index (χ1) is 11.7. The van der Waals surface area contributed by atoms with Crippen molar-refractivity contribution < 1.29 is 14.1 Å². The number of hydrogen-bond acceptors (Lipinski definition) is 4. The minimum absolute atomic E-state index is 0.138. The molecule has 120 valence electrons. The van der Waals surface area contributed by atoms with Gasteiger partial charge in [-0.05, 0) is 12.0 Å². The third-order valence-corrected chi connectivity index (χ3v) is 3.65. The second-order valence-corrected chi connectivity index (χ2v) is 5.28. The van der Waals surface area contributed by atoms with Crippen molar-refractivity contribution in [2.75, 3.05) is 5.32 Å². The minimum Gasteiger partial charge on any atom is -0.338 e. The van der Waals surface area contributed by atoms with Crippen molar-refractivity contribution in [2.45, 2.75) is 13.3 Å². The molecule has 0 saturated carbocycles. The number of aromatic nitrogens is 1. The lowest BCUT2D eigenvalue weighted by Gasteiger charge is -2.00. The summed E-state index contributed by atoms with van der Waals surface area (Å²) in [7, 11) is 0. The molecule has 0 spiro atoms. The van der Waals surface area contributed by atoms with E-state index in [1.807, 2.05) is 24.3 Å². The summed E-state index contributed by atoms with van der Waals surface area (Å²) in [4.78, 5) is 24.0. The molecule has 0 atom stereocenters. The van der Waals surface area contributed by atoms with Gasteiger partial charge >= 0.3 is 0 Å². The molecule has 5 heteroatoms. The molecule has 3 aromatic rings. The standard InChI is InChI=1S/C19H16N2O3/c1-2-13-8-10-14(11-9-13)16-12-17(24-21-16)20-19(23)18(22)15-6-4-3-5-7-15/h3-12H,2H2,1H3,(H,20,23). The van der Waals surface area contributed by atoms with Crippen LogP contribution in [0.5, 0.6) is 0 Å². The maximum absolute atomic E-state index is 12.0. The van der Waals surface area contributed by atoms with Crippen molar-refractivity contribution in [1.29, 1.82) is 0 Å². The van der Waals surface area contributed by atoms with E-state index in [2.05, 4.69) is 17.4 Å². The number of hydrogen-bond donors (Lipinski definition) is 1. The number of aryl methyl sites for hydroxylation is 1. The molecule has 0 aliphatic rings. The van der Waals surface area contributed by atoms with Gasteiger partial charge < -0.3 is 4.52 Å². The lowest BCUT2D eigenvalue weighted by molar-refractivity contribution is -0.112. The molecule has 1 heterocycles. The van der Waals surface area contributed by atoms with E-state index in [4.69, 9.17) is 4.52 Å². The molecule has 0 radical (unpaired) electrons. The summed E-state index contributed by atoms with van der Waals surface area (Å²) in [5, 5.41) is 6.36. The molecule has 0 aliphatic carbocycles. The Labute approximate surface area is 139 Å². The lowest BCUT2D eigenvalue weighted by Crippen LogP contribution is -2.22. The molecule has 0 bridgehead atoms. The number of Topliss-reactive ketones (excluding diaryl/α,β-unsaturated/α-hetero) is 1. The fourth-order valence-electron chi connectivity index (χ4n) is 2.27. The largest absolute Gasteiger partial charge is 0.338 e. The van der Waals surface area contributed by atoms with Gasteiger partial charge in [0.2, 0.25) is 5.88 Å². The quantitative estimate of drug-likeness (QED) is 0.574. The van der Waals surface area contributed by atoms with Crippen molar-refractivity contribution in [3.8, 4) is 11.3 Å². The van der Waals surface area contributed by atoms with Crippen LogP contribution in [0.3, 0.4) is 0 Å². The highest BCUT2D eigenvalue weighted by Gasteiger charge is 2.18. The minimum atomic E-state index is -0.759. The molecule has 1 amide bonds. The number of rotatable bonds is 5. The van der Waals surface area contributed by atoms with Crippen molar-refractivity contribution in [3.63, 3.8) is 0 Å². The normalized spacial score (nSPS) is 10.4. The number of carbonyl (C=O) groups excluding carboxylic acids is 2. The van der Waals surface area contributed by atoms with Crippen LogP contribution in [-0.2, 0) is 11.2 Å². The summed E-state index contributed by atoms with van der Waals surface area (Å²) in [6.07, 6.45) is 0.960. The van der Waals surface area contributed by atoms with Crippen molar-refractivity contribution in [3.05, 3.63) is 71.8 Å². The lowest BCUT2D eigenvalue weighted by atomic mass is 10.1. The number of amides is 1. The average Bonchev–Trinajstić information content (AvgIpc) is 3.10. The van der Waals surface area contributed by atoms with E-state index in [9.17, 15) is 9.59 Å². The van der Waals surface area contributed by atoms with Crippen LogP contribution in [0, 0.1) is 0 Å². The van der Waals surface area contributed by atoms with Crippen molar-refractivity contribution >= 4 is 17.6 Å². The number of carbonyl (C=O) groups is 2. The Hall–Kier alpha value is -3.21. The predicted octanol–water partition coefficient (Wildman–Crippen LogP) is 3.73. The molecule has 1 N–H and O–H groups in total. The monoisotopic (exact) mass is 320 g/mol. The van der Waals surface area contributed by atoms with Crippen LogP contribution < -0.4 is 5.32 Å². The molecule has 3 rings (SSSR count). The van der Waals surface area contributed by atoms with E-state index in [0.29, 0.717) is 11.3 Å². The zero-order chi connectivity index (χ0) is 16.9. The molecule has 5 nitrogen and oxygen atoms in total. The predicted molar refractivity (Wildman–Crippen MR) is 90.7 cm³/mol. The van der Waals surface area contributed by atoms with Gasteiger partial charge in [-0.1, -0.05) is 66.7 Å². The van der Waals surface area contributed by atoms with Gasteiger partial charge in [0.25, 0.3) is 11.7 Å². The molecule has 1 aromatic heterocycles. The zero-order valence-corrected chi connectivity index (χ0v) is 13.2. The number of benzene rings is 2. The maximum atomic E-state index is 12.0. The smallest absolute Gasteiger partial charge is 0.299 e. The summed E-state index contributed by atoms with van der Waals surface area (Å²) in [6, 6.07) is 17.9. The molecule has 2 aromatic carbocycles. The Morgan fingerprint density at radius 3 is 2.42 bits per heavy atom. The fraction of sp³-hybridized carbons (Fsp3) is 0.105. The molecular formula is C19H16N2O3. The third-order valence-electron chi connectivity index (χ3n) is 3.65. The van der Waals surface area contributed by atoms with Gasteiger partial charge in [-0.25, -0.2) is 0 Å². The molecule has 0 saturated heterocycles. The molecule has 0 unspecified atom stereocenters. The van der Waals surface area contributed by atoms with Crippen LogP contribution >= 0.6 is 0 Å². The highest BCUT2D eigenvalue weighted by Crippen LogP contribution is 2.22. The fourth-order valence-corrected chi connectivity index (χ4v) is 2.27. The van der Waals surface area contributed by atoms with Gasteiger partial charge in [-0.15, -0.1) is 0 Å². The molecule has 0 aliphatic heterocycles. The summed E-state index contributed by atoms with van der Waals surface area (Å²) >= 11 is 0. The number of nitrogens with one attached hydrogen (secondary N) is 1. The van der Waals surface area contributed by atoms with E-state index in [1.54, 1.807) is 36.4 Å². The van der Waals surface area contributed by atoms with Gasteiger partial charge in [0, 0.05) is 17.2 Å². The van der Waals surface area contributed by atoms with E-state index in [-0.39, 0.29) is 5.88 Å². The van der Waals surface area contributed by atoms with Crippen molar-refractivity contribution in [2.24, 2.45) is 0 Å². The second kappa shape index (κ2) is 6.91. The van der Waals surface area contributed by atoms with Crippen LogP contribution in [0.1, 0.15) is 22.8 Å². The van der Waals surface area contributed by atoms with Gasteiger partial charge in [-0.2, -0.15) is 0 Å². The Bertz CT molecular complexity index is 852. The van der Waals surface area contributed by atoms with Crippen LogP contribution in [0.15, 0.2) is 65.2 Å². The van der Waals surface area contributed by atoms with Gasteiger partial charge in [0.1, 0.15) is 5.69 Å². The van der Waals surface area contributed by atoms with E-state index >= 15 is 0 Å². The summed E-state index contributed by atoms with van der Waals surface area (Å²) in [6.45, 7) is 2.09. The van der Waals surface area contributed by atoms with Gasteiger partial charge in [0.15, 0.2) is 0 Å². The highest BCUT2D eigenvalue weighted by molar-refractivity contribution is 6.46. The maximum Gasteiger partial charge on any atom is 0.299 e. The van der Waals surface area contributed by atoms with E-state index < -0.39 is 11.7 Å². The number of ketones is 1. The topological polar surface area (TPSA) is 72.2 Å². The van der Waals surface area contributed by atoms with Crippen molar-refractivity contribution in [1.82, 2.24) is 5.16 Å². The summed E-state index contributed by atoms with van der Waals surface area (Å²) in [5.74, 6) is -1.25. The van der Waals surface area contributed by atoms with Gasteiger partial charge in [-0.3, -0.25) is 14.9 Å². The first-order valence-electron chi connectivity index (χ1n) is 7.64. The van der Waals surface area contributed by atoms with E-state index in [0.717, 1.165) is 12.0 Å². The molecule has 0 fully saturated rings. The Balaban J connectivity index is 1.71. The summed E-state index contributed by atoms with van der Waals surface area (Å²) < 4.78 is 5.10. The average molecular weight is 320 g/mol.